The van der Waals surface area contributed by atoms with Gasteiger partial charge in [0.05, 0.1) is 8.41 Å². The molecule has 2 nitrogen and oxygen atoms in total. The Hall–Kier alpha value is -0.0151. The Morgan fingerprint density at radius 3 is 1.27 bits per heavy atom. The Bertz CT molecular complexity index is 66.5. The molecule has 0 aromatic rings. The van der Waals surface area contributed by atoms with Crippen molar-refractivity contribution in [3.63, 3.8) is 0 Å². The fourth-order valence-electron chi connectivity index (χ4n) is 1.33. The van der Waals surface area contributed by atoms with Gasteiger partial charge in [-0.15, -0.1) is 0 Å². The maximum atomic E-state index is 2.46. The minimum atomic E-state index is 0. The van der Waals surface area contributed by atoms with Crippen molar-refractivity contribution in [3.05, 3.63) is 0 Å². The molecule has 0 aliphatic rings. The molecule has 0 heterocycles. The van der Waals surface area contributed by atoms with Gasteiger partial charge in [0.25, 0.3) is 0 Å². The third-order valence-electron chi connectivity index (χ3n) is 1.69. The second-order valence-corrected chi connectivity index (χ2v) is 3.02. The van der Waals surface area contributed by atoms with E-state index in [1.54, 1.807) is 0 Å². The lowest BCUT2D eigenvalue weighted by Crippen LogP contribution is -2.36. The van der Waals surface area contributed by atoms with E-state index >= 15 is 0 Å². The molecule has 70 valence electrons. The summed E-state index contributed by atoms with van der Waals surface area (Å²) in [6, 6.07) is 1.38. The summed E-state index contributed by atoms with van der Waals surface area (Å²) >= 11 is 0. The lowest BCUT2D eigenvalue weighted by Gasteiger charge is -2.28. The molecular formula is C8H25BN2. The molecule has 0 rings (SSSR count). The molecule has 0 unspecified atom stereocenters. The molecule has 0 amide bonds. The van der Waals surface area contributed by atoms with Crippen LogP contribution >= 0.6 is 0 Å². The van der Waals surface area contributed by atoms with Crippen LogP contribution in [-0.4, -0.2) is 31.9 Å². The number of nitrogens with zero attached hydrogens (tertiary/aromatic N) is 1. The second kappa shape index (κ2) is 8.09. The Kier molecular flexibility index (Phi) is 12.6. The molecule has 3 heteroatoms. The highest BCUT2D eigenvalue weighted by Crippen LogP contribution is 2.02. The second-order valence-electron chi connectivity index (χ2n) is 3.02. The standard InChI is InChI=1S/C8H19N.BH3.H3N/c1-6-9(7(2)3)8(4)5;;/h7-8H,6H2,1-5H3;2*1H3. The smallest absolute Gasteiger partial charge is 0.0814 e. The summed E-state index contributed by atoms with van der Waals surface area (Å²) in [5.74, 6) is 0. The number of rotatable bonds is 3. The van der Waals surface area contributed by atoms with Gasteiger partial charge in [-0.3, -0.25) is 4.90 Å². The van der Waals surface area contributed by atoms with E-state index in [2.05, 4.69) is 39.5 Å². The quantitative estimate of drug-likeness (QED) is 0.628. The van der Waals surface area contributed by atoms with Crippen molar-refractivity contribution >= 4 is 8.41 Å². The predicted molar refractivity (Wildman–Crippen MR) is 57.6 cm³/mol. The minimum Gasteiger partial charge on any atom is -0.344 e. The van der Waals surface area contributed by atoms with Crippen molar-refractivity contribution in [1.82, 2.24) is 11.1 Å². The largest absolute Gasteiger partial charge is 0.344 e. The lowest BCUT2D eigenvalue weighted by atomic mass is 10.2. The van der Waals surface area contributed by atoms with E-state index in [1.165, 1.54) is 0 Å². The minimum absolute atomic E-state index is 0. The summed E-state index contributed by atoms with van der Waals surface area (Å²) in [7, 11) is 0. The maximum Gasteiger partial charge on any atom is 0.0814 e. The molecule has 0 saturated carbocycles. The summed E-state index contributed by atoms with van der Waals surface area (Å²) in [6.45, 7) is 12.3. The van der Waals surface area contributed by atoms with Gasteiger partial charge in [-0.2, -0.15) is 0 Å². The maximum absolute atomic E-state index is 2.46. The van der Waals surface area contributed by atoms with E-state index in [-0.39, 0.29) is 14.6 Å². The molecule has 11 heavy (non-hydrogen) atoms. The average molecular weight is 160 g/mol. The van der Waals surface area contributed by atoms with Crippen LogP contribution in [0.3, 0.4) is 0 Å². The summed E-state index contributed by atoms with van der Waals surface area (Å²) in [4.78, 5) is 2.46. The van der Waals surface area contributed by atoms with Crippen LogP contribution in [0, 0.1) is 0 Å². The van der Waals surface area contributed by atoms with Crippen molar-refractivity contribution in [2.45, 2.75) is 46.7 Å². The zero-order valence-corrected chi connectivity index (χ0v) is 8.02. The van der Waals surface area contributed by atoms with Crippen molar-refractivity contribution in [3.8, 4) is 0 Å². The molecule has 0 aliphatic carbocycles. The van der Waals surface area contributed by atoms with E-state index in [0.29, 0.717) is 12.1 Å². The van der Waals surface area contributed by atoms with E-state index in [4.69, 9.17) is 0 Å². The first-order valence-corrected chi connectivity index (χ1v) is 3.85. The molecule has 0 atom stereocenters. The monoisotopic (exact) mass is 160 g/mol. The van der Waals surface area contributed by atoms with Crippen molar-refractivity contribution in [1.29, 1.82) is 0 Å². The van der Waals surface area contributed by atoms with Gasteiger partial charge < -0.3 is 6.15 Å². The zero-order valence-electron chi connectivity index (χ0n) is 8.02. The first kappa shape index (κ1) is 17.2. The van der Waals surface area contributed by atoms with E-state index < -0.39 is 0 Å². The van der Waals surface area contributed by atoms with Gasteiger partial charge in [-0.1, -0.05) is 6.92 Å². The van der Waals surface area contributed by atoms with Crippen LogP contribution in [-0.2, 0) is 0 Å². The Morgan fingerprint density at radius 2 is 1.27 bits per heavy atom. The Morgan fingerprint density at radius 1 is 1.00 bits per heavy atom. The van der Waals surface area contributed by atoms with Crippen LogP contribution in [0.5, 0.6) is 0 Å². The van der Waals surface area contributed by atoms with Gasteiger partial charge in [0.15, 0.2) is 0 Å². The summed E-state index contributed by atoms with van der Waals surface area (Å²) in [6.07, 6.45) is 0. The van der Waals surface area contributed by atoms with Crippen LogP contribution in [0.4, 0.5) is 0 Å². The molecule has 0 bridgehead atoms. The van der Waals surface area contributed by atoms with Crippen molar-refractivity contribution in [2.75, 3.05) is 6.54 Å². The van der Waals surface area contributed by atoms with Gasteiger partial charge in [0, 0.05) is 12.1 Å². The number of hydrogen-bond acceptors (Lipinski definition) is 2. The highest BCUT2D eigenvalue weighted by Gasteiger charge is 2.08. The average Bonchev–Trinajstić information content (AvgIpc) is 1.64. The van der Waals surface area contributed by atoms with Crippen LogP contribution < -0.4 is 6.15 Å². The van der Waals surface area contributed by atoms with E-state index in [0.717, 1.165) is 6.54 Å². The molecule has 0 aliphatic heterocycles. The molecule has 0 fully saturated rings. The third-order valence-corrected chi connectivity index (χ3v) is 1.69. The normalized spacial score (nSPS) is 9.82. The topological polar surface area (TPSA) is 38.2 Å². The van der Waals surface area contributed by atoms with Gasteiger partial charge in [-0.25, -0.2) is 0 Å². The van der Waals surface area contributed by atoms with Gasteiger partial charge in [0.1, 0.15) is 0 Å². The number of hydrogen-bond donors (Lipinski definition) is 1. The van der Waals surface area contributed by atoms with Crippen LogP contribution in [0.1, 0.15) is 34.6 Å². The van der Waals surface area contributed by atoms with Crippen LogP contribution in [0.15, 0.2) is 0 Å². The van der Waals surface area contributed by atoms with E-state index in [9.17, 15) is 0 Å². The Labute approximate surface area is 73.5 Å². The summed E-state index contributed by atoms with van der Waals surface area (Å²) < 4.78 is 0. The highest BCUT2D eigenvalue weighted by molar-refractivity contribution is 5.75. The van der Waals surface area contributed by atoms with Crippen LogP contribution in [0.2, 0.25) is 0 Å². The molecule has 0 radical (unpaired) electrons. The highest BCUT2D eigenvalue weighted by atomic mass is 15.2. The van der Waals surface area contributed by atoms with Crippen LogP contribution in [0.25, 0.3) is 0 Å². The van der Waals surface area contributed by atoms with Crippen molar-refractivity contribution < 1.29 is 0 Å². The molecule has 0 aromatic heterocycles. The molecule has 0 spiro atoms. The first-order chi connectivity index (χ1) is 4.09. The molecule has 0 saturated heterocycles. The van der Waals surface area contributed by atoms with E-state index in [1.807, 2.05) is 0 Å². The van der Waals surface area contributed by atoms with Gasteiger partial charge >= 0.3 is 0 Å². The fraction of sp³-hybridized carbons (Fsp3) is 1.00. The first-order valence-electron chi connectivity index (χ1n) is 3.85. The zero-order chi connectivity index (χ0) is 7.44. The summed E-state index contributed by atoms with van der Waals surface area (Å²) in [5, 5.41) is 0. The molecule has 3 N–H and O–H groups in total. The van der Waals surface area contributed by atoms with Gasteiger partial charge in [-0.05, 0) is 34.2 Å². The summed E-state index contributed by atoms with van der Waals surface area (Å²) in [5.41, 5.74) is 0. The lowest BCUT2D eigenvalue weighted by molar-refractivity contribution is 0.185. The van der Waals surface area contributed by atoms with Crippen molar-refractivity contribution in [2.24, 2.45) is 0 Å². The third kappa shape index (κ3) is 6.39. The molecule has 0 aromatic carbocycles. The SMILES string of the molecule is B.CCN(C(C)C)C(C)C.N. The van der Waals surface area contributed by atoms with Gasteiger partial charge in [0.2, 0.25) is 0 Å². The Balaban J connectivity index is -0.000000320. The fourth-order valence-corrected chi connectivity index (χ4v) is 1.33. The molecular weight excluding hydrogens is 135 g/mol. The predicted octanol–water partition coefficient (Wildman–Crippen LogP) is 1.10.